The number of rotatable bonds is 8. The number of hydrogen-bond acceptors (Lipinski definition) is 5. The Balaban J connectivity index is 1.57. The van der Waals surface area contributed by atoms with Crippen molar-refractivity contribution in [2.24, 2.45) is 0 Å². The molecular formula is C23H27B2N4O4. The van der Waals surface area contributed by atoms with Crippen molar-refractivity contribution >= 4 is 44.3 Å². The molecule has 169 valence electrons. The number of likely N-dealkylation sites (N-methyl/N-ethyl adjacent to an activating group) is 2. The molecule has 2 aromatic carbocycles. The Morgan fingerprint density at radius 1 is 1.15 bits per heavy atom. The van der Waals surface area contributed by atoms with Crippen LogP contribution in [0.5, 0.6) is 0 Å². The first-order chi connectivity index (χ1) is 15.9. The van der Waals surface area contributed by atoms with Crippen LogP contribution in [0.25, 0.3) is 0 Å². The first-order valence-corrected chi connectivity index (χ1v) is 10.8. The van der Waals surface area contributed by atoms with Crippen LogP contribution in [0.4, 0.5) is 16.2 Å². The van der Waals surface area contributed by atoms with Crippen LogP contribution in [-0.4, -0.2) is 71.0 Å². The number of hydrogen-bond donors (Lipinski definition) is 1. The molecular weight excluding hydrogens is 418 g/mol. The number of carbonyl (C=O) groups excluding carboxylic acids is 3. The van der Waals surface area contributed by atoms with E-state index in [1.165, 1.54) is 12.2 Å². The highest BCUT2D eigenvalue weighted by molar-refractivity contribution is 6.87. The zero-order valence-electron chi connectivity index (χ0n) is 18.9. The summed E-state index contributed by atoms with van der Waals surface area (Å²) in [6.07, 6.45) is 0.683. The third-order valence-corrected chi connectivity index (χ3v) is 5.51. The van der Waals surface area contributed by atoms with Crippen LogP contribution in [0.1, 0.15) is 18.4 Å². The number of benzene rings is 2. The predicted octanol–water partition coefficient (Wildman–Crippen LogP) is 1.71. The van der Waals surface area contributed by atoms with Crippen molar-refractivity contribution in [3.05, 3.63) is 60.2 Å². The van der Waals surface area contributed by atoms with Gasteiger partial charge < -0.3 is 24.7 Å². The maximum absolute atomic E-state index is 13.0. The second kappa shape index (κ2) is 11.6. The van der Waals surface area contributed by atoms with Gasteiger partial charge >= 0.3 is 6.09 Å². The zero-order chi connectivity index (χ0) is 23.8. The Morgan fingerprint density at radius 2 is 1.85 bits per heavy atom. The fraction of sp³-hybridized carbons (Fsp3) is 0.348. The van der Waals surface area contributed by atoms with Gasteiger partial charge in [0.15, 0.2) is 0 Å². The highest BCUT2D eigenvalue weighted by Crippen LogP contribution is 2.24. The van der Waals surface area contributed by atoms with Gasteiger partial charge in [0.05, 0.1) is 6.54 Å². The molecule has 2 aromatic rings. The molecule has 1 saturated heterocycles. The summed E-state index contributed by atoms with van der Waals surface area (Å²) in [5.41, 5.74) is 2.29. The van der Waals surface area contributed by atoms with E-state index in [1.54, 1.807) is 48.1 Å². The van der Waals surface area contributed by atoms with E-state index in [2.05, 4.69) is 5.32 Å². The molecule has 1 heterocycles. The van der Waals surface area contributed by atoms with Crippen molar-refractivity contribution in [3.63, 3.8) is 0 Å². The second-order valence-electron chi connectivity index (χ2n) is 7.92. The van der Waals surface area contributed by atoms with Gasteiger partial charge in [-0.2, -0.15) is 0 Å². The number of nitrogens with one attached hydrogen (secondary N) is 1. The van der Waals surface area contributed by atoms with Crippen molar-refractivity contribution in [2.75, 3.05) is 37.0 Å². The van der Waals surface area contributed by atoms with E-state index in [0.29, 0.717) is 24.3 Å². The van der Waals surface area contributed by atoms with E-state index in [1.807, 2.05) is 30.3 Å². The number of nitrogens with zero attached hydrogens (tertiary/aromatic N) is 3. The molecule has 33 heavy (non-hydrogen) atoms. The average Bonchev–Trinajstić information content (AvgIpc) is 2.84. The fourth-order valence-corrected chi connectivity index (χ4v) is 3.54. The van der Waals surface area contributed by atoms with Gasteiger partial charge in [0.2, 0.25) is 11.8 Å². The van der Waals surface area contributed by atoms with Gasteiger partial charge in [-0.15, -0.1) is 0 Å². The SMILES string of the molecule is [B][B]N(C)CC(=O)N(C)c1ccc(N2CCC[C@H](NC(=O)OCc3ccccc3)C2=O)cc1. The van der Waals surface area contributed by atoms with Crippen LogP contribution < -0.4 is 15.1 Å². The van der Waals surface area contributed by atoms with E-state index in [9.17, 15) is 14.4 Å². The van der Waals surface area contributed by atoms with E-state index in [0.717, 1.165) is 12.0 Å². The van der Waals surface area contributed by atoms with Crippen LogP contribution in [0.15, 0.2) is 54.6 Å². The Kier molecular flexibility index (Phi) is 8.54. The summed E-state index contributed by atoms with van der Waals surface area (Å²) in [6.45, 7) is 0.860. The van der Waals surface area contributed by atoms with Crippen molar-refractivity contribution in [2.45, 2.75) is 25.5 Å². The molecule has 0 spiro atoms. The number of anilines is 2. The number of piperidine rings is 1. The molecule has 0 bridgehead atoms. The summed E-state index contributed by atoms with van der Waals surface area (Å²) in [5, 5.41) is 2.68. The second-order valence-corrected chi connectivity index (χ2v) is 7.92. The van der Waals surface area contributed by atoms with Gasteiger partial charge in [0, 0.05) is 32.7 Å². The van der Waals surface area contributed by atoms with Crippen molar-refractivity contribution in [3.8, 4) is 0 Å². The molecule has 1 fully saturated rings. The normalized spacial score (nSPS) is 15.8. The summed E-state index contributed by atoms with van der Waals surface area (Å²) in [5.74, 6) is -0.297. The first kappa shape index (κ1) is 24.4. The molecule has 0 aliphatic carbocycles. The smallest absolute Gasteiger partial charge is 0.408 e. The van der Waals surface area contributed by atoms with Crippen LogP contribution in [-0.2, 0) is 20.9 Å². The van der Waals surface area contributed by atoms with Gasteiger partial charge in [-0.05, 0) is 49.7 Å². The summed E-state index contributed by atoms with van der Waals surface area (Å²) in [4.78, 5) is 42.3. The molecule has 0 saturated carbocycles. The lowest BCUT2D eigenvalue weighted by atomic mass is 9.65. The molecule has 0 aromatic heterocycles. The third-order valence-electron chi connectivity index (χ3n) is 5.51. The molecule has 10 heteroatoms. The van der Waals surface area contributed by atoms with Gasteiger partial charge in [0.25, 0.3) is 0 Å². The Labute approximate surface area is 196 Å². The zero-order valence-corrected chi connectivity index (χ0v) is 18.9. The molecule has 1 atom stereocenters. The van der Waals surface area contributed by atoms with E-state index in [-0.39, 0.29) is 25.0 Å². The number of ether oxygens (including phenoxy) is 1. The molecule has 0 unspecified atom stereocenters. The first-order valence-electron chi connectivity index (χ1n) is 10.8. The monoisotopic (exact) mass is 445 g/mol. The molecule has 3 amide bonds. The quantitative estimate of drug-likeness (QED) is 0.626. The highest BCUT2D eigenvalue weighted by atomic mass is 16.5. The van der Waals surface area contributed by atoms with E-state index >= 15 is 0 Å². The molecule has 3 radical (unpaired) electrons. The summed E-state index contributed by atoms with van der Waals surface area (Å²) in [7, 11) is 10.2. The van der Waals surface area contributed by atoms with Crippen molar-refractivity contribution in [1.29, 1.82) is 0 Å². The van der Waals surface area contributed by atoms with Gasteiger partial charge in [0.1, 0.15) is 20.0 Å². The lowest BCUT2D eigenvalue weighted by Gasteiger charge is -2.32. The summed E-state index contributed by atoms with van der Waals surface area (Å²) < 4.78 is 5.25. The minimum absolute atomic E-state index is 0.112. The Morgan fingerprint density at radius 3 is 2.52 bits per heavy atom. The topological polar surface area (TPSA) is 82.2 Å². The Hall–Kier alpha value is -3.26. The Bertz CT molecular complexity index is 959. The maximum Gasteiger partial charge on any atom is 0.408 e. The molecule has 8 nitrogen and oxygen atoms in total. The lowest BCUT2D eigenvalue weighted by Crippen LogP contribution is -2.52. The summed E-state index contributed by atoms with van der Waals surface area (Å²) >= 11 is 0. The highest BCUT2D eigenvalue weighted by Gasteiger charge is 2.31. The standard InChI is InChI=1S/C23H27B2N4O4/c1-27(25-24)15-21(30)28(2)18-10-12-19(13-11-18)29-14-6-9-20(22(29)31)26-23(32)33-16-17-7-4-3-5-8-17/h3-5,7-8,10-13,20H,6,9,14-16H2,1-2H3,(H,26,32)/t20-/m0/s1. The average molecular weight is 445 g/mol. The van der Waals surface area contributed by atoms with Gasteiger partial charge in [-0.25, -0.2) is 4.79 Å². The minimum Gasteiger partial charge on any atom is -0.445 e. The van der Waals surface area contributed by atoms with E-state index < -0.39 is 12.1 Å². The van der Waals surface area contributed by atoms with Gasteiger partial charge in [-0.1, -0.05) is 30.3 Å². The van der Waals surface area contributed by atoms with E-state index in [4.69, 9.17) is 12.5 Å². The number of amides is 3. The largest absolute Gasteiger partial charge is 0.445 e. The number of alkyl carbamates (subject to hydrolysis) is 1. The maximum atomic E-state index is 13.0. The lowest BCUT2D eigenvalue weighted by molar-refractivity contribution is -0.121. The number of carbonyl (C=O) groups is 3. The van der Waals surface area contributed by atoms with Crippen LogP contribution in [0, 0.1) is 0 Å². The van der Waals surface area contributed by atoms with Crippen molar-refractivity contribution < 1.29 is 19.1 Å². The van der Waals surface area contributed by atoms with Crippen LogP contribution in [0.3, 0.4) is 0 Å². The summed E-state index contributed by atoms with van der Waals surface area (Å²) in [6, 6.07) is 15.9. The molecule has 1 aliphatic rings. The third kappa shape index (κ3) is 6.61. The van der Waals surface area contributed by atoms with Gasteiger partial charge in [-0.3, -0.25) is 9.59 Å². The van der Waals surface area contributed by atoms with Crippen LogP contribution in [0.2, 0.25) is 0 Å². The fourth-order valence-electron chi connectivity index (χ4n) is 3.54. The molecule has 3 rings (SSSR count). The molecule has 1 N–H and O–H groups in total. The van der Waals surface area contributed by atoms with Crippen LogP contribution >= 0.6 is 0 Å². The predicted molar refractivity (Wildman–Crippen MR) is 129 cm³/mol. The van der Waals surface area contributed by atoms with Crippen molar-refractivity contribution in [1.82, 2.24) is 10.1 Å². The molecule has 1 aliphatic heterocycles. The minimum atomic E-state index is -0.644.